The Morgan fingerprint density at radius 3 is 2.95 bits per heavy atom. The number of hydrogen-bond donors (Lipinski definition) is 1. The average Bonchev–Trinajstić information content (AvgIpc) is 2.75. The number of nitrogens with zero attached hydrogens (tertiary/aromatic N) is 2. The fourth-order valence-electron chi connectivity index (χ4n) is 1.55. The molecule has 0 aliphatic carbocycles. The minimum Gasteiger partial charge on any atom is -0.340 e. The van der Waals surface area contributed by atoms with Gasteiger partial charge in [-0.1, -0.05) is 17.3 Å². The molecule has 0 aliphatic rings. The van der Waals surface area contributed by atoms with E-state index in [1.807, 2.05) is 31.2 Å². The van der Waals surface area contributed by atoms with Crippen molar-refractivity contribution in [1.82, 2.24) is 10.1 Å². The first-order valence-electron chi connectivity index (χ1n) is 5.87. The molecule has 0 spiro atoms. The lowest BCUT2D eigenvalue weighted by molar-refractivity contribution is -0.113. The van der Waals surface area contributed by atoms with Gasteiger partial charge in [-0.25, -0.2) is 0 Å². The molecule has 0 saturated carbocycles. The summed E-state index contributed by atoms with van der Waals surface area (Å²) in [7, 11) is 0. The van der Waals surface area contributed by atoms with Crippen LogP contribution in [0.15, 0.2) is 28.8 Å². The zero-order valence-electron chi connectivity index (χ0n) is 10.8. The molecular weight excluding hydrogens is 262 g/mol. The number of amides is 1. The molecule has 1 aromatic heterocycles. The molecule has 0 radical (unpaired) electrons. The van der Waals surface area contributed by atoms with E-state index in [1.165, 1.54) is 11.8 Å². The number of carbonyl (C=O) groups excluding carboxylic acids is 1. The Morgan fingerprint density at radius 1 is 1.42 bits per heavy atom. The normalized spacial score (nSPS) is 10.4. The van der Waals surface area contributed by atoms with Gasteiger partial charge in [0.1, 0.15) is 0 Å². The molecule has 2 rings (SSSR count). The zero-order chi connectivity index (χ0) is 13.7. The van der Waals surface area contributed by atoms with E-state index in [0.717, 1.165) is 11.3 Å². The Kier molecular flexibility index (Phi) is 4.57. The Labute approximate surface area is 115 Å². The molecule has 2 aromatic rings. The summed E-state index contributed by atoms with van der Waals surface area (Å²) in [5, 5.41) is 6.62. The van der Waals surface area contributed by atoms with Crippen LogP contribution in [0.3, 0.4) is 0 Å². The van der Waals surface area contributed by atoms with Gasteiger partial charge in [-0.15, -0.1) is 11.8 Å². The molecule has 0 atom stereocenters. The summed E-state index contributed by atoms with van der Waals surface area (Å²) in [6.07, 6.45) is 0. The molecule has 1 N–H and O–H groups in total. The van der Waals surface area contributed by atoms with E-state index < -0.39 is 0 Å². The highest BCUT2D eigenvalue weighted by Gasteiger charge is 2.06. The third kappa shape index (κ3) is 4.40. The van der Waals surface area contributed by atoms with Gasteiger partial charge in [-0.3, -0.25) is 4.79 Å². The summed E-state index contributed by atoms with van der Waals surface area (Å²) >= 11 is 1.45. The Bertz CT molecular complexity index is 569. The highest BCUT2D eigenvalue weighted by Crippen LogP contribution is 2.12. The molecule has 0 unspecified atom stereocenters. The minimum atomic E-state index is -0.0317. The molecule has 19 heavy (non-hydrogen) atoms. The van der Waals surface area contributed by atoms with Crippen molar-refractivity contribution < 1.29 is 9.32 Å². The molecule has 0 aliphatic heterocycles. The monoisotopic (exact) mass is 277 g/mol. The van der Waals surface area contributed by atoms with E-state index in [4.69, 9.17) is 4.52 Å². The highest BCUT2D eigenvalue weighted by atomic mass is 32.2. The maximum atomic E-state index is 11.7. The van der Waals surface area contributed by atoms with Crippen LogP contribution in [-0.2, 0) is 10.5 Å². The van der Waals surface area contributed by atoms with Crippen LogP contribution >= 0.6 is 11.8 Å². The van der Waals surface area contributed by atoms with Crippen LogP contribution < -0.4 is 5.32 Å². The second-order valence-electron chi connectivity index (χ2n) is 4.14. The molecule has 100 valence electrons. The van der Waals surface area contributed by atoms with Crippen LogP contribution in [-0.4, -0.2) is 21.8 Å². The van der Waals surface area contributed by atoms with Gasteiger partial charge >= 0.3 is 0 Å². The number of hydrogen-bond acceptors (Lipinski definition) is 5. The van der Waals surface area contributed by atoms with Crippen molar-refractivity contribution in [2.75, 3.05) is 11.1 Å². The summed E-state index contributed by atoms with van der Waals surface area (Å²) in [5.74, 6) is 2.06. The van der Waals surface area contributed by atoms with Gasteiger partial charge in [-0.05, 0) is 24.6 Å². The van der Waals surface area contributed by atoms with Crippen LogP contribution in [0.25, 0.3) is 0 Å². The maximum Gasteiger partial charge on any atom is 0.234 e. The number of carbonyl (C=O) groups is 1. The second kappa shape index (κ2) is 6.38. The van der Waals surface area contributed by atoms with Crippen molar-refractivity contribution in [3.63, 3.8) is 0 Å². The van der Waals surface area contributed by atoms with E-state index in [1.54, 1.807) is 6.92 Å². The van der Waals surface area contributed by atoms with Crippen LogP contribution in [0.1, 0.15) is 17.3 Å². The minimum absolute atomic E-state index is 0.0317. The number of aryl methyl sites for hydroxylation is 2. The summed E-state index contributed by atoms with van der Waals surface area (Å²) in [6, 6.07) is 7.71. The van der Waals surface area contributed by atoms with Crippen molar-refractivity contribution in [2.45, 2.75) is 19.6 Å². The summed E-state index contributed by atoms with van der Waals surface area (Å²) < 4.78 is 4.86. The fraction of sp³-hybridized carbons (Fsp3) is 0.308. The molecule has 0 fully saturated rings. The topological polar surface area (TPSA) is 68.0 Å². The second-order valence-corrected chi connectivity index (χ2v) is 5.13. The molecule has 5 nitrogen and oxygen atoms in total. The predicted octanol–water partition coefficient (Wildman–Crippen LogP) is 2.56. The van der Waals surface area contributed by atoms with Crippen molar-refractivity contribution >= 4 is 23.4 Å². The molecule has 1 amide bonds. The summed E-state index contributed by atoms with van der Waals surface area (Å²) in [5.41, 5.74) is 1.94. The SMILES string of the molecule is Cc1cccc(NC(=O)CSCc2noc(C)n2)c1. The number of thioether (sulfide) groups is 1. The van der Waals surface area contributed by atoms with Crippen molar-refractivity contribution in [2.24, 2.45) is 0 Å². The summed E-state index contributed by atoms with van der Waals surface area (Å²) in [4.78, 5) is 15.8. The van der Waals surface area contributed by atoms with Gasteiger partial charge in [0.2, 0.25) is 11.8 Å². The van der Waals surface area contributed by atoms with Crippen LogP contribution in [0.5, 0.6) is 0 Å². The molecule has 0 saturated heterocycles. The molecular formula is C13H15N3O2S. The summed E-state index contributed by atoms with van der Waals surface area (Å²) in [6.45, 7) is 3.73. The van der Waals surface area contributed by atoms with Gasteiger partial charge in [0.05, 0.1) is 11.5 Å². The highest BCUT2D eigenvalue weighted by molar-refractivity contribution is 7.99. The van der Waals surface area contributed by atoms with Gasteiger partial charge in [0, 0.05) is 12.6 Å². The quantitative estimate of drug-likeness (QED) is 0.909. The van der Waals surface area contributed by atoms with Gasteiger partial charge in [0.15, 0.2) is 5.82 Å². The number of aromatic nitrogens is 2. The van der Waals surface area contributed by atoms with E-state index in [-0.39, 0.29) is 5.91 Å². The average molecular weight is 277 g/mol. The number of anilines is 1. The third-order valence-corrected chi connectivity index (χ3v) is 3.26. The lowest BCUT2D eigenvalue weighted by atomic mass is 10.2. The Balaban J connectivity index is 1.76. The van der Waals surface area contributed by atoms with E-state index in [9.17, 15) is 4.79 Å². The first-order valence-corrected chi connectivity index (χ1v) is 7.02. The van der Waals surface area contributed by atoms with E-state index >= 15 is 0 Å². The van der Waals surface area contributed by atoms with Gasteiger partial charge in [0.25, 0.3) is 0 Å². The number of rotatable bonds is 5. The van der Waals surface area contributed by atoms with E-state index in [2.05, 4.69) is 15.5 Å². The van der Waals surface area contributed by atoms with Gasteiger partial charge in [-0.2, -0.15) is 4.98 Å². The number of nitrogens with one attached hydrogen (secondary N) is 1. The van der Waals surface area contributed by atoms with Crippen molar-refractivity contribution in [3.8, 4) is 0 Å². The largest absolute Gasteiger partial charge is 0.340 e. The van der Waals surface area contributed by atoms with Crippen LogP contribution in [0.4, 0.5) is 5.69 Å². The van der Waals surface area contributed by atoms with Crippen LogP contribution in [0.2, 0.25) is 0 Å². The van der Waals surface area contributed by atoms with Crippen LogP contribution in [0, 0.1) is 13.8 Å². The predicted molar refractivity (Wildman–Crippen MR) is 75.0 cm³/mol. The Morgan fingerprint density at radius 2 is 2.26 bits per heavy atom. The van der Waals surface area contributed by atoms with Gasteiger partial charge < -0.3 is 9.84 Å². The van der Waals surface area contributed by atoms with Crippen molar-refractivity contribution in [3.05, 3.63) is 41.5 Å². The zero-order valence-corrected chi connectivity index (χ0v) is 11.7. The maximum absolute atomic E-state index is 11.7. The molecule has 1 aromatic carbocycles. The smallest absolute Gasteiger partial charge is 0.234 e. The first-order chi connectivity index (χ1) is 9.13. The molecule has 1 heterocycles. The lowest BCUT2D eigenvalue weighted by Crippen LogP contribution is -2.14. The van der Waals surface area contributed by atoms with E-state index in [0.29, 0.717) is 23.2 Å². The third-order valence-electron chi connectivity index (χ3n) is 2.34. The standard InChI is InChI=1S/C13H15N3O2S/c1-9-4-3-5-11(6-9)15-13(17)8-19-7-12-14-10(2)18-16-12/h3-6H,7-8H2,1-2H3,(H,15,17). The number of benzene rings is 1. The molecule has 6 heteroatoms. The Hall–Kier alpha value is -1.82. The van der Waals surface area contributed by atoms with Crippen molar-refractivity contribution in [1.29, 1.82) is 0 Å². The fourth-order valence-corrected chi connectivity index (χ4v) is 2.21. The lowest BCUT2D eigenvalue weighted by Gasteiger charge is -2.05. The first kappa shape index (κ1) is 13.6. The molecule has 0 bridgehead atoms.